The Bertz CT molecular complexity index is 2460. The number of aromatic nitrogens is 2. The Morgan fingerprint density at radius 1 is 1.04 bits per heavy atom. The third-order valence-corrected chi connectivity index (χ3v) is 15.7. The van der Waals surface area contributed by atoms with E-state index in [0.29, 0.717) is 84.4 Å². The van der Waals surface area contributed by atoms with Gasteiger partial charge in [-0.3, -0.25) is 29.2 Å². The van der Waals surface area contributed by atoms with E-state index in [9.17, 15) is 24.0 Å². The highest BCUT2D eigenvalue weighted by molar-refractivity contribution is 5.95. The molecule has 0 saturated carbocycles. The lowest BCUT2D eigenvalue weighted by Crippen LogP contribution is -2.63. The van der Waals surface area contributed by atoms with E-state index in [1.807, 2.05) is 33.0 Å². The maximum absolute atomic E-state index is 14.9. The first-order valence-electron chi connectivity index (χ1n) is 26.0. The zero-order chi connectivity index (χ0) is 50.8. The molecular weight excluding hydrogens is 903 g/mol. The number of fused-ring (bicyclic) bond motifs is 6. The van der Waals surface area contributed by atoms with Crippen molar-refractivity contribution in [2.45, 2.75) is 129 Å². The van der Waals surface area contributed by atoms with Gasteiger partial charge in [-0.25, -0.2) is 10.2 Å². The number of pyridine rings is 1. The van der Waals surface area contributed by atoms with Crippen LogP contribution in [0.25, 0.3) is 22.2 Å². The number of nitrogens with one attached hydrogen (secondary N) is 2. The number of nitrogens with zero attached hydrogens (tertiary/aromatic N) is 7. The Kier molecular flexibility index (Phi) is 15.8. The normalized spacial score (nSPS) is 23.8. The number of morpholine rings is 1. The number of likely N-dealkylation sites (tertiary alicyclic amines) is 1. The summed E-state index contributed by atoms with van der Waals surface area (Å²) in [4.78, 5) is 82.6. The fourth-order valence-electron chi connectivity index (χ4n) is 11.8. The third kappa shape index (κ3) is 11.0. The molecule has 7 heterocycles. The van der Waals surface area contributed by atoms with Gasteiger partial charge in [-0.2, -0.15) is 0 Å². The molecule has 5 aliphatic heterocycles. The van der Waals surface area contributed by atoms with Crippen LogP contribution in [0.2, 0.25) is 0 Å². The molecule has 2 N–H and O–H groups in total. The second kappa shape index (κ2) is 21.7. The maximum Gasteiger partial charge on any atom is 0.324 e. The van der Waals surface area contributed by atoms with E-state index in [0.717, 1.165) is 65.0 Å². The molecule has 1 spiro atoms. The van der Waals surface area contributed by atoms with Gasteiger partial charge in [0.1, 0.15) is 18.1 Å². The number of carbonyl (C=O) groups excluding carboxylic acids is 5. The van der Waals surface area contributed by atoms with Crippen LogP contribution in [-0.2, 0) is 46.4 Å². The number of methoxy groups -OCH3 is 1. The number of hydrazine groups is 1. The molecule has 0 radical (unpaired) electrons. The molecule has 71 heavy (non-hydrogen) atoms. The molecule has 3 aromatic rings. The first-order valence-corrected chi connectivity index (χ1v) is 26.0. The van der Waals surface area contributed by atoms with E-state index in [2.05, 4.69) is 71.8 Å². The Hall–Kier alpha value is -5.52. The Balaban J connectivity index is 1.08. The van der Waals surface area contributed by atoms with Crippen LogP contribution >= 0.6 is 0 Å². The van der Waals surface area contributed by atoms with Crippen LogP contribution in [0.15, 0.2) is 49.2 Å². The van der Waals surface area contributed by atoms with E-state index in [-0.39, 0.29) is 42.4 Å². The molecule has 17 nitrogen and oxygen atoms in total. The van der Waals surface area contributed by atoms with Crippen molar-refractivity contribution in [2.75, 3.05) is 78.1 Å². The predicted molar refractivity (Wildman–Crippen MR) is 272 cm³/mol. The number of aryl methyl sites for hydroxylation is 1. The number of piperidine rings is 2. The summed E-state index contributed by atoms with van der Waals surface area (Å²) in [6.07, 6.45) is 7.83. The van der Waals surface area contributed by atoms with Crippen molar-refractivity contribution >= 4 is 46.3 Å². The minimum absolute atomic E-state index is 0.0399. The molecule has 8 rings (SSSR count). The molecule has 5 amide bonds. The lowest BCUT2D eigenvalue weighted by atomic mass is 9.84. The second-order valence-electron chi connectivity index (χ2n) is 21.7. The van der Waals surface area contributed by atoms with Crippen molar-refractivity contribution in [3.05, 3.63) is 60.4 Å². The minimum atomic E-state index is -0.935. The van der Waals surface area contributed by atoms with Crippen molar-refractivity contribution in [1.82, 2.24) is 40.0 Å². The summed E-state index contributed by atoms with van der Waals surface area (Å²) in [5, 5.41) is 5.80. The first-order chi connectivity index (χ1) is 34.0. The minimum Gasteiger partial charge on any atom is -0.464 e. The number of hydrogen-bond acceptors (Lipinski definition) is 11. The highest BCUT2D eigenvalue weighted by Gasteiger charge is 2.44. The molecule has 17 heteroatoms. The standard InChI is InChI=1S/C54H77N9O8/c1-10-45(64)61-27-28-71-54(33-61)20-25-59(26-21-54)52(68)58(8)47(35(3)4)49(65)56-43-29-37-15-13-23-60(32-37)38-18-19-44-40(30-38)41(48(62(44)11-2)39-16-12-22-55-46(39)36(5)69-9)31-53(6,7)34-70-51(67)42-17-14-24-63(57-42)50(43)66/h10,12,16,18-19,22,30,35-37,42-43,47,57H,1,11,13-15,17,20-21,23-29,31-34H2,2-9H3,(H,56,65)/t36?,37?,42-,43-,47-/m0/s1. The maximum atomic E-state index is 14.9. The Morgan fingerprint density at radius 2 is 1.80 bits per heavy atom. The lowest BCUT2D eigenvalue weighted by Gasteiger charge is -2.47. The van der Waals surface area contributed by atoms with Gasteiger partial charge in [0.05, 0.1) is 42.9 Å². The van der Waals surface area contributed by atoms with Gasteiger partial charge < -0.3 is 43.7 Å². The average molecular weight is 980 g/mol. The summed E-state index contributed by atoms with van der Waals surface area (Å²) < 4.78 is 20.6. The monoisotopic (exact) mass is 980 g/mol. The van der Waals surface area contributed by atoms with Gasteiger partial charge in [-0.1, -0.05) is 34.3 Å². The van der Waals surface area contributed by atoms with E-state index in [4.69, 9.17) is 19.2 Å². The van der Waals surface area contributed by atoms with E-state index < -0.39 is 41.0 Å². The number of benzene rings is 1. The predicted octanol–water partition coefficient (Wildman–Crippen LogP) is 6.10. The average Bonchev–Trinajstić information content (AvgIpc) is 3.67. The summed E-state index contributed by atoms with van der Waals surface area (Å²) >= 11 is 0. The van der Waals surface area contributed by atoms with Crippen LogP contribution in [-0.4, -0.2) is 156 Å². The first kappa shape index (κ1) is 51.8. The molecule has 4 fully saturated rings. The van der Waals surface area contributed by atoms with Gasteiger partial charge in [0.2, 0.25) is 11.8 Å². The van der Waals surface area contributed by atoms with Gasteiger partial charge >= 0.3 is 12.0 Å². The molecule has 1 aromatic carbocycles. The summed E-state index contributed by atoms with van der Waals surface area (Å²) in [6.45, 7) is 20.8. The van der Waals surface area contributed by atoms with Gasteiger partial charge in [-0.15, -0.1) is 0 Å². The van der Waals surface area contributed by atoms with E-state index in [1.165, 1.54) is 16.0 Å². The van der Waals surface area contributed by atoms with Crippen LogP contribution in [0, 0.1) is 17.3 Å². The molecule has 6 bridgehead atoms. The van der Waals surface area contributed by atoms with Crippen molar-refractivity contribution in [2.24, 2.45) is 17.3 Å². The van der Waals surface area contributed by atoms with Crippen molar-refractivity contribution in [1.29, 1.82) is 0 Å². The summed E-state index contributed by atoms with van der Waals surface area (Å²) in [7, 11) is 3.36. The van der Waals surface area contributed by atoms with Gasteiger partial charge in [0.25, 0.3) is 5.91 Å². The molecule has 0 aliphatic carbocycles. The number of ether oxygens (including phenoxy) is 3. The highest BCUT2D eigenvalue weighted by Crippen LogP contribution is 2.42. The zero-order valence-electron chi connectivity index (χ0n) is 43.3. The highest BCUT2D eigenvalue weighted by atomic mass is 16.5. The van der Waals surface area contributed by atoms with Gasteiger partial charge in [-0.05, 0) is 119 Å². The number of rotatable bonds is 9. The molecular formula is C54H77N9O8. The van der Waals surface area contributed by atoms with Crippen LogP contribution in [0.4, 0.5) is 10.5 Å². The summed E-state index contributed by atoms with van der Waals surface area (Å²) in [5.41, 5.74) is 8.49. The second-order valence-corrected chi connectivity index (χ2v) is 21.7. The fourth-order valence-corrected chi connectivity index (χ4v) is 11.8. The Labute approximate surface area is 419 Å². The van der Waals surface area contributed by atoms with Gasteiger partial charge in [0, 0.05) is 93.7 Å². The smallest absolute Gasteiger partial charge is 0.324 e. The number of esters is 1. The number of hydrogen-bond donors (Lipinski definition) is 2. The molecule has 2 unspecified atom stereocenters. The molecule has 5 atom stereocenters. The molecule has 5 aliphatic rings. The van der Waals surface area contributed by atoms with Crippen molar-refractivity contribution < 1.29 is 38.2 Å². The third-order valence-electron chi connectivity index (χ3n) is 15.7. The summed E-state index contributed by atoms with van der Waals surface area (Å²) in [6, 6.07) is 7.97. The fraction of sp³-hybridized carbons (Fsp3) is 0.630. The number of amides is 5. The quantitative estimate of drug-likeness (QED) is 0.188. The van der Waals surface area contributed by atoms with Crippen LogP contribution in [0.5, 0.6) is 0 Å². The Morgan fingerprint density at radius 3 is 2.52 bits per heavy atom. The molecule has 386 valence electrons. The SMILES string of the molecule is C=CC(=O)N1CCOC2(CCN(C(=O)N(C)[C@H](C(=O)N[C@H]3CC4CCCN(C4)c4ccc5c(c4)c(c(-c4cccnc4C(C)OC)n5CC)CC(C)(C)COC(=O)[C@@H]4CCCN(N4)C3=O)C(C)C)CC2)C1. The number of likely N-dealkylation sites (N-methyl/N-ethyl adjacent to an activating group) is 1. The molecule has 2 aromatic heterocycles. The largest absolute Gasteiger partial charge is 0.464 e. The van der Waals surface area contributed by atoms with Gasteiger partial charge in [0.15, 0.2) is 0 Å². The van der Waals surface area contributed by atoms with E-state index in [1.54, 1.807) is 24.0 Å². The number of anilines is 1. The zero-order valence-corrected chi connectivity index (χ0v) is 43.3. The molecule has 4 saturated heterocycles. The number of cyclic esters (lactones) is 1. The van der Waals surface area contributed by atoms with Crippen molar-refractivity contribution in [3.8, 4) is 11.3 Å². The van der Waals surface area contributed by atoms with Crippen molar-refractivity contribution in [3.63, 3.8) is 0 Å². The van der Waals surface area contributed by atoms with Crippen LogP contribution < -0.4 is 15.6 Å². The lowest BCUT2D eigenvalue weighted by molar-refractivity contribution is -0.156. The topological polar surface area (TPSA) is 171 Å². The number of carbonyl (C=O) groups is 5. The van der Waals surface area contributed by atoms with E-state index >= 15 is 0 Å². The number of urea groups is 1. The van der Waals surface area contributed by atoms with Crippen LogP contribution in [0.3, 0.4) is 0 Å². The summed E-state index contributed by atoms with van der Waals surface area (Å²) in [5.74, 6) is -1.53. The van der Waals surface area contributed by atoms with Crippen LogP contribution in [0.1, 0.15) is 104 Å².